The molecule has 44 heavy (non-hydrogen) atoms. The van der Waals surface area contributed by atoms with E-state index in [1.807, 2.05) is 6.07 Å². The zero-order valence-electron chi connectivity index (χ0n) is 23.4. The number of benzene rings is 2. The van der Waals surface area contributed by atoms with Crippen LogP contribution in [0, 0.1) is 28.8 Å². The lowest BCUT2D eigenvalue weighted by molar-refractivity contribution is -0.211. The molecule has 16 heteroatoms. The number of nitriles is 1. The lowest BCUT2D eigenvalue weighted by atomic mass is 9.91. The normalized spacial score (nSPS) is 26.8. The minimum Gasteiger partial charge on any atom is -0.497 e. The molecule has 0 spiro atoms. The second-order valence-electron chi connectivity index (χ2n) is 10.2. The van der Waals surface area contributed by atoms with Crippen LogP contribution in [0.1, 0.15) is 11.6 Å². The van der Waals surface area contributed by atoms with Gasteiger partial charge in [-0.25, -0.2) is 17.9 Å². The maximum Gasteiger partial charge on any atom is 0.259 e. The monoisotopic (exact) mass is 619 g/mol. The number of aliphatic hydroxyl groups is 3. The Balaban J connectivity index is 1.56. The highest BCUT2D eigenvalue weighted by molar-refractivity contribution is 5.98. The highest BCUT2D eigenvalue weighted by atomic mass is 19.2. The van der Waals surface area contributed by atoms with Gasteiger partial charge >= 0.3 is 0 Å². The molecule has 3 aromatic rings. The molecule has 3 heterocycles. The molecule has 5 unspecified atom stereocenters. The lowest BCUT2D eigenvalue weighted by Gasteiger charge is -2.45. The summed E-state index contributed by atoms with van der Waals surface area (Å²) in [6.07, 6.45) is -5.63. The van der Waals surface area contributed by atoms with Gasteiger partial charge in [0.15, 0.2) is 23.6 Å². The van der Waals surface area contributed by atoms with Gasteiger partial charge in [-0.2, -0.15) is 5.26 Å². The summed E-state index contributed by atoms with van der Waals surface area (Å²) in [7, 11) is 2.62. The Kier molecular flexibility index (Phi) is 9.15. The molecule has 1 amide bonds. The van der Waals surface area contributed by atoms with Crippen molar-refractivity contribution in [1.82, 2.24) is 15.0 Å². The van der Waals surface area contributed by atoms with Gasteiger partial charge in [-0.1, -0.05) is 5.21 Å². The topological polar surface area (TPSA) is 172 Å². The van der Waals surface area contributed by atoms with Crippen molar-refractivity contribution < 1.29 is 52.2 Å². The van der Waals surface area contributed by atoms with Crippen molar-refractivity contribution in [1.29, 1.82) is 5.26 Å². The van der Waals surface area contributed by atoms with Gasteiger partial charge in [-0.05, 0) is 24.3 Å². The number of hydrogen-bond donors (Lipinski definition) is 3. The summed E-state index contributed by atoms with van der Waals surface area (Å²) in [6.45, 7) is -0.876. The molecule has 0 bridgehead atoms. The van der Waals surface area contributed by atoms with Crippen LogP contribution in [0.3, 0.4) is 0 Å². The predicted molar refractivity (Wildman–Crippen MR) is 143 cm³/mol. The third-order valence-electron chi connectivity index (χ3n) is 7.60. The van der Waals surface area contributed by atoms with E-state index < -0.39 is 72.6 Å². The van der Waals surface area contributed by atoms with Gasteiger partial charge in [0.05, 0.1) is 50.8 Å². The molecule has 1 aromatic heterocycles. The molecule has 2 saturated heterocycles. The molecule has 0 saturated carbocycles. The predicted octanol–water partition coefficient (Wildman–Crippen LogP) is 0.712. The van der Waals surface area contributed by atoms with Gasteiger partial charge < -0.3 is 39.2 Å². The zero-order chi connectivity index (χ0) is 31.7. The lowest BCUT2D eigenvalue weighted by Crippen LogP contribution is -2.63. The molecular formula is C28H28F3N5O8. The number of nitrogens with zero attached hydrogens (tertiary/aromatic N) is 5. The van der Waals surface area contributed by atoms with Crippen molar-refractivity contribution in [2.45, 2.75) is 42.6 Å². The molecule has 2 aliphatic heterocycles. The number of halogens is 3. The van der Waals surface area contributed by atoms with E-state index >= 15 is 0 Å². The SMILES string of the molecule is COc1cc(C#N)cc(N(C(=O)C2OC(CO)C(O)C(n3cc(-c4cc(F)c(F)c(F)c4)nn3)C2OC)[C@@H]2COC[C@H]2O)c1. The van der Waals surface area contributed by atoms with Gasteiger partial charge in [-0.15, -0.1) is 5.10 Å². The van der Waals surface area contributed by atoms with E-state index in [4.69, 9.17) is 18.9 Å². The molecular weight excluding hydrogens is 591 g/mol. The van der Waals surface area contributed by atoms with E-state index in [0.29, 0.717) is 0 Å². The van der Waals surface area contributed by atoms with Crippen LogP contribution in [-0.2, 0) is 19.0 Å². The smallest absolute Gasteiger partial charge is 0.259 e. The van der Waals surface area contributed by atoms with E-state index in [0.717, 1.165) is 16.8 Å². The quantitative estimate of drug-likeness (QED) is 0.303. The molecule has 2 aromatic carbocycles. The van der Waals surface area contributed by atoms with Crippen molar-refractivity contribution >= 4 is 11.6 Å². The van der Waals surface area contributed by atoms with Crippen LogP contribution in [0.4, 0.5) is 18.9 Å². The first-order valence-corrected chi connectivity index (χ1v) is 13.3. The van der Waals surface area contributed by atoms with Gasteiger partial charge in [0.1, 0.15) is 41.9 Å². The molecule has 5 rings (SSSR count). The Morgan fingerprint density at radius 2 is 1.89 bits per heavy atom. The number of rotatable bonds is 8. The molecule has 0 aliphatic carbocycles. The Morgan fingerprint density at radius 1 is 1.16 bits per heavy atom. The summed E-state index contributed by atoms with van der Waals surface area (Å²) < 4.78 is 64.6. The largest absolute Gasteiger partial charge is 0.497 e. The zero-order valence-corrected chi connectivity index (χ0v) is 23.4. The third-order valence-corrected chi connectivity index (χ3v) is 7.60. The number of carbonyl (C=O) groups is 1. The Bertz CT molecular complexity index is 1550. The van der Waals surface area contributed by atoms with Gasteiger partial charge in [0.25, 0.3) is 5.91 Å². The number of ether oxygens (including phenoxy) is 4. The minimum absolute atomic E-state index is 0.0664. The van der Waals surface area contributed by atoms with Crippen LogP contribution in [0.25, 0.3) is 11.3 Å². The summed E-state index contributed by atoms with van der Waals surface area (Å²) in [5.74, 6) is -5.08. The van der Waals surface area contributed by atoms with E-state index in [9.17, 15) is 38.5 Å². The van der Waals surface area contributed by atoms with E-state index in [-0.39, 0.29) is 41.5 Å². The first kappa shape index (κ1) is 31.3. The Labute approximate surface area is 248 Å². The standard InChI is InChI=1S/C28H28F3N5O8/c1-41-16-4-13(8-32)3-15(7-16)36(20-11-43-12-21(20)38)28(40)27-26(42-2)24(25(39)22(10-37)44-27)35-9-19(33-34-35)14-5-17(29)23(31)18(30)6-14/h3-7,9,20-22,24-27,37-39H,10-12H2,1-2H3/t20-,21-,22?,24?,25?,26?,27?/m1/s1. The van der Waals surface area contributed by atoms with Crippen LogP contribution in [0.2, 0.25) is 0 Å². The first-order chi connectivity index (χ1) is 21.1. The van der Waals surface area contributed by atoms with Crippen molar-refractivity contribution in [2.24, 2.45) is 0 Å². The summed E-state index contributed by atoms with van der Waals surface area (Å²) in [4.78, 5) is 15.6. The molecule has 2 fully saturated rings. The average Bonchev–Trinajstić information content (AvgIpc) is 3.68. The summed E-state index contributed by atoms with van der Waals surface area (Å²) in [6, 6.07) is 5.61. The third kappa shape index (κ3) is 5.73. The van der Waals surface area contributed by atoms with Gasteiger partial charge in [0, 0.05) is 24.4 Å². The Morgan fingerprint density at radius 3 is 2.48 bits per heavy atom. The number of aliphatic hydroxyl groups excluding tert-OH is 3. The second kappa shape index (κ2) is 12.9. The fourth-order valence-electron chi connectivity index (χ4n) is 5.42. The molecule has 234 valence electrons. The maximum absolute atomic E-state index is 14.4. The number of methoxy groups -OCH3 is 2. The average molecular weight is 620 g/mol. The Hall–Kier alpha value is -4.11. The number of hydrogen-bond acceptors (Lipinski definition) is 11. The summed E-state index contributed by atoms with van der Waals surface area (Å²) in [5, 5.41) is 49.4. The number of anilines is 1. The van der Waals surface area contributed by atoms with Crippen LogP contribution >= 0.6 is 0 Å². The van der Waals surface area contributed by atoms with Crippen molar-refractivity contribution in [2.75, 3.05) is 38.9 Å². The summed E-state index contributed by atoms with van der Waals surface area (Å²) >= 11 is 0. The van der Waals surface area contributed by atoms with Crippen molar-refractivity contribution in [3.8, 4) is 23.1 Å². The van der Waals surface area contributed by atoms with Crippen molar-refractivity contribution in [3.05, 3.63) is 59.5 Å². The maximum atomic E-state index is 14.4. The van der Waals surface area contributed by atoms with E-state index in [1.54, 1.807) is 0 Å². The fourth-order valence-corrected chi connectivity index (χ4v) is 5.42. The second-order valence-corrected chi connectivity index (χ2v) is 10.2. The van der Waals surface area contributed by atoms with Crippen LogP contribution in [-0.4, -0.2) is 107 Å². The molecule has 2 aliphatic rings. The van der Waals surface area contributed by atoms with Gasteiger partial charge in [-0.3, -0.25) is 4.79 Å². The van der Waals surface area contributed by atoms with E-state index in [2.05, 4.69) is 10.3 Å². The van der Waals surface area contributed by atoms with Gasteiger partial charge in [0.2, 0.25) is 0 Å². The van der Waals surface area contributed by atoms with Crippen LogP contribution < -0.4 is 9.64 Å². The first-order valence-electron chi connectivity index (χ1n) is 13.3. The minimum atomic E-state index is -1.66. The highest BCUT2D eigenvalue weighted by Gasteiger charge is 2.52. The molecule has 0 radical (unpaired) electrons. The molecule has 13 nitrogen and oxygen atoms in total. The van der Waals surface area contributed by atoms with E-state index in [1.165, 1.54) is 43.5 Å². The molecule has 3 N–H and O–H groups in total. The number of carbonyl (C=O) groups excluding carboxylic acids is 1. The molecule has 7 atom stereocenters. The van der Waals surface area contributed by atoms with Crippen LogP contribution in [0.15, 0.2) is 36.5 Å². The van der Waals surface area contributed by atoms with Crippen LogP contribution in [0.5, 0.6) is 5.75 Å². The fraction of sp³-hybridized carbons (Fsp3) is 0.429. The number of amides is 1. The highest BCUT2D eigenvalue weighted by Crippen LogP contribution is 2.36. The number of aromatic nitrogens is 3. The van der Waals surface area contributed by atoms with Crippen molar-refractivity contribution in [3.63, 3.8) is 0 Å². The summed E-state index contributed by atoms with van der Waals surface area (Å²) in [5.41, 5.74) is 0.0875.